The molecular formula is C9H11ClO2. The van der Waals surface area contributed by atoms with E-state index in [2.05, 4.69) is 0 Å². The zero-order chi connectivity index (χ0) is 8.29. The minimum absolute atomic E-state index is 0.0119. The first-order valence-corrected chi connectivity index (χ1v) is 5.05. The summed E-state index contributed by atoms with van der Waals surface area (Å²) in [5, 5.41) is 0.103. The third-order valence-corrected chi connectivity index (χ3v) is 4.29. The summed E-state index contributed by atoms with van der Waals surface area (Å²) in [6.45, 7) is 0. The monoisotopic (exact) mass is 186 g/mol. The summed E-state index contributed by atoms with van der Waals surface area (Å²) in [5.74, 6) is 1.20. The molecule has 4 fully saturated rings. The summed E-state index contributed by atoms with van der Waals surface area (Å²) in [7, 11) is 0. The van der Waals surface area contributed by atoms with Crippen LogP contribution in [0, 0.1) is 17.8 Å². The molecule has 0 radical (unpaired) electrons. The first kappa shape index (κ1) is 7.19. The van der Waals surface area contributed by atoms with Crippen molar-refractivity contribution in [1.82, 2.24) is 0 Å². The Morgan fingerprint density at radius 1 is 1.42 bits per heavy atom. The summed E-state index contributed by atoms with van der Waals surface area (Å²) >= 11 is 6.19. The van der Waals surface area contributed by atoms with Crippen molar-refractivity contribution in [1.29, 1.82) is 0 Å². The highest BCUT2D eigenvalue weighted by Gasteiger charge is 2.57. The predicted octanol–water partition coefficient (Wildman–Crippen LogP) is 1.57. The van der Waals surface area contributed by atoms with E-state index in [-0.39, 0.29) is 23.4 Å². The number of esters is 1. The molecule has 0 aromatic rings. The second kappa shape index (κ2) is 2.16. The Hall–Kier alpha value is -0.240. The number of ether oxygens (including phenoxy) is 1. The van der Waals surface area contributed by atoms with Crippen LogP contribution in [-0.4, -0.2) is 17.5 Å². The van der Waals surface area contributed by atoms with E-state index in [1.54, 1.807) is 0 Å². The fourth-order valence-corrected chi connectivity index (χ4v) is 3.53. The van der Waals surface area contributed by atoms with Gasteiger partial charge in [0, 0.05) is 5.92 Å². The summed E-state index contributed by atoms with van der Waals surface area (Å²) in [5.41, 5.74) is 0. The van der Waals surface area contributed by atoms with Gasteiger partial charge in [-0.3, -0.25) is 4.79 Å². The van der Waals surface area contributed by atoms with Crippen LogP contribution in [0.15, 0.2) is 0 Å². The molecule has 0 N–H and O–H groups in total. The third-order valence-electron chi connectivity index (χ3n) is 3.69. The lowest BCUT2D eigenvalue weighted by atomic mass is 9.64. The number of fused-ring (bicyclic) bond motifs is 1. The molecule has 2 nitrogen and oxygen atoms in total. The van der Waals surface area contributed by atoms with Gasteiger partial charge in [-0.25, -0.2) is 0 Å². The van der Waals surface area contributed by atoms with E-state index in [9.17, 15) is 4.79 Å². The van der Waals surface area contributed by atoms with Crippen molar-refractivity contribution in [2.24, 2.45) is 17.8 Å². The first-order chi connectivity index (χ1) is 5.77. The molecule has 3 heteroatoms. The van der Waals surface area contributed by atoms with Crippen LogP contribution in [0.5, 0.6) is 0 Å². The van der Waals surface area contributed by atoms with E-state index >= 15 is 0 Å². The van der Waals surface area contributed by atoms with Gasteiger partial charge in [-0.15, -0.1) is 11.6 Å². The highest BCUT2D eigenvalue weighted by Crippen LogP contribution is 2.52. The lowest BCUT2D eigenvalue weighted by Gasteiger charge is -2.41. The van der Waals surface area contributed by atoms with Gasteiger partial charge >= 0.3 is 5.97 Å². The fourth-order valence-electron chi connectivity index (χ4n) is 3.06. The minimum atomic E-state index is 0.0119. The van der Waals surface area contributed by atoms with Gasteiger partial charge in [-0.05, 0) is 25.2 Å². The smallest absolute Gasteiger partial charge is 0.309 e. The van der Waals surface area contributed by atoms with E-state index in [1.165, 1.54) is 6.42 Å². The van der Waals surface area contributed by atoms with Crippen LogP contribution in [0.1, 0.15) is 19.3 Å². The van der Waals surface area contributed by atoms with Gasteiger partial charge in [0.15, 0.2) is 0 Å². The molecule has 0 aromatic carbocycles. The topological polar surface area (TPSA) is 26.3 Å². The molecule has 1 saturated heterocycles. The number of hydrogen-bond donors (Lipinski definition) is 0. The summed E-state index contributed by atoms with van der Waals surface area (Å²) in [6.07, 6.45) is 3.38. The molecule has 4 bridgehead atoms. The van der Waals surface area contributed by atoms with Crippen molar-refractivity contribution in [3.63, 3.8) is 0 Å². The lowest BCUT2D eigenvalue weighted by Crippen LogP contribution is -2.45. The van der Waals surface area contributed by atoms with E-state index in [4.69, 9.17) is 16.3 Å². The lowest BCUT2D eigenvalue weighted by molar-refractivity contribution is -0.143. The molecule has 3 aliphatic carbocycles. The third kappa shape index (κ3) is 0.698. The van der Waals surface area contributed by atoms with Crippen molar-refractivity contribution in [3.05, 3.63) is 0 Å². The summed E-state index contributed by atoms with van der Waals surface area (Å²) < 4.78 is 5.26. The Balaban J connectivity index is 2.00. The molecule has 3 saturated carbocycles. The number of carbonyl (C=O) groups excluding carboxylic acids is 1. The average molecular weight is 187 g/mol. The second-order valence-electron chi connectivity index (χ2n) is 4.19. The maximum absolute atomic E-state index is 11.3. The van der Waals surface area contributed by atoms with Crippen LogP contribution in [0.2, 0.25) is 0 Å². The average Bonchev–Trinajstić information content (AvgIpc) is 2.37. The number of rotatable bonds is 0. The van der Waals surface area contributed by atoms with Crippen LogP contribution in [0.25, 0.3) is 0 Å². The molecule has 66 valence electrons. The number of hydrogen-bond acceptors (Lipinski definition) is 2. The Kier molecular flexibility index (Phi) is 1.30. The van der Waals surface area contributed by atoms with Crippen molar-refractivity contribution >= 4 is 17.6 Å². The van der Waals surface area contributed by atoms with E-state index < -0.39 is 0 Å². The quantitative estimate of drug-likeness (QED) is 0.424. The molecule has 1 aliphatic heterocycles. The van der Waals surface area contributed by atoms with Crippen molar-refractivity contribution < 1.29 is 9.53 Å². The molecule has 5 atom stereocenters. The van der Waals surface area contributed by atoms with Crippen molar-refractivity contribution in [3.8, 4) is 0 Å². The van der Waals surface area contributed by atoms with Gasteiger partial charge in [-0.1, -0.05) is 0 Å². The van der Waals surface area contributed by atoms with Gasteiger partial charge in [0.05, 0.1) is 11.3 Å². The van der Waals surface area contributed by atoms with Crippen LogP contribution in [0.3, 0.4) is 0 Å². The molecular weight excluding hydrogens is 176 g/mol. The number of alkyl halides is 1. The van der Waals surface area contributed by atoms with E-state index in [1.807, 2.05) is 0 Å². The predicted molar refractivity (Wildman–Crippen MR) is 43.8 cm³/mol. The Labute approximate surface area is 76.2 Å². The molecule has 0 amide bonds. The Morgan fingerprint density at radius 3 is 3.00 bits per heavy atom. The van der Waals surface area contributed by atoms with Crippen LogP contribution in [-0.2, 0) is 9.53 Å². The summed E-state index contributed by atoms with van der Waals surface area (Å²) in [4.78, 5) is 11.3. The standard InChI is InChI=1S/C9H11ClO2/c10-7-4-1-2-5-6(3-4)9(11)12-8(5)7/h4-8H,1-3H2. The van der Waals surface area contributed by atoms with E-state index in [0.29, 0.717) is 11.8 Å². The van der Waals surface area contributed by atoms with Gasteiger partial charge in [-0.2, -0.15) is 0 Å². The van der Waals surface area contributed by atoms with Gasteiger partial charge in [0.2, 0.25) is 0 Å². The maximum atomic E-state index is 11.3. The second-order valence-corrected chi connectivity index (χ2v) is 4.69. The number of halogens is 1. The van der Waals surface area contributed by atoms with Crippen molar-refractivity contribution in [2.75, 3.05) is 0 Å². The molecule has 5 unspecified atom stereocenters. The van der Waals surface area contributed by atoms with Crippen LogP contribution >= 0.6 is 11.6 Å². The largest absolute Gasteiger partial charge is 0.460 e. The normalized spacial score (nSPS) is 55.8. The minimum Gasteiger partial charge on any atom is -0.460 e. The Morgan fingerprint density at radius 2 is 2.25 bits per heavy atom. The SMILES string of the molecule is O=C1OC2C(Cl)C3CCC2C1C3. The van der Waals surface area contributed by atoms with Crippen molar-refractivity contribution in [2.45, 2.75) is 30.7 Å². The zero-order valence-electron chi connectivity index (χ0n) is 6.70. The van der Waals surface area contributed by atoms with Gasteiger partial charge in [0.25, 0.3) is 0 Å². The summed E-state index contributed by atoms with van der Waals surface area (Å²) in [6, 6.07) is 0. The molecule has 1 heterocycles. The van der Waals surface area contributed by atoms with Gasteiger partial charge in [0.1, 0.15) is 6.10 Å². The van der Waals surface area contributed by atoms with Gasteiger partial charge < -0.3 is 4.74 Å². The van der Waals surface area contributed by atoms with Crippen LogP contribution < -0.4 is 0 Å². The maximum Gasteiger partial charge on any atom is 0.309 e. The Bertz CT molecular complexity index is 241. The highest BCUT2D eigenvalue weighted by atomic mass is 35.5. The van der Waals surface area contributed by atoms with E-state index in [0.717, 1.165) is 12.8 Å². The first-order valence-electron chi connectivity index (χ1n) is 4.62. The van der Waals surface area contributed by atoms with Crippen LogP contribution in [0.4, 0.5) is 0 Å². The molecule has 0 aromatic heterocycles. The molecule has 12 heavy (non-hydrogen) atoms. The molecule has 4 aliphatic rings. The highest BCUT2D eigenvalue weighted by molar-refractivity contribution is 6.21. The zero-order valence-corrected chi connectivity index (χ0v) is 7.46. The fraction of sp³-hybridized carbons (Fsp3) is 0.889. The molecule has 4 rings (SSSR count). The number of carbonyl (C=O) groups is 1. The molecule has 0 spiro atoms.